The molecule has 0 aliphatic carbocycles. The molecule has 1 heteroatoms. The molecule has 45 heavy (non-hydrogen) atoms. The van der Waals surface area contributed by atoms with Gasteiger partial charge in [-0.2, -0.15) is 0 Å². The normalized spacial score (nSPS) is 15.2. The van der Waals surface area contributed by atoms with Crippen molar-refractivity contribution in [2.45, 2.75) is 0 Å². The second-order valence-corrected chi connectivity index (χ2v) is 10.4. The van der Waals surface area contributed by atoms with Gasteiger partial charge in [-0.3, -0.25) is 0 Å². The van der Waals surface area contributed by atoms with Crippen molar-refractivity contribution in [1.82, 2.24) is 0 Å². The van der Waals surface area contributed by atoms with Gasteiger partial charge < -0.3 is 4.90 Å². The SMILES string of the molecule is [2H]c1c([2H])c([2H])c(-c2c([2H])c([2H])c(N(c3cccc(-c4ccc5ccccc5c4)c3)c3c([2H])c([2H])c(-c4cccc5ccccc45)c([2H])c3[2H])c([2H])c2[2H])c([2H])c1[2H]. The summed E-state index contributed by atoms with van der Waals surface area (Å²) in [6, 6.07) is 25.1. The Kier molecular flexibility index (Phi) is 4.20. The molecule has 0 aliphatic rings. The molecular formula is C44H31N. The van der Waals surface area contributed by atoms with Gasteiger partial charge in [0, 0.05) is 17.1 Å². The van der Waals surface area contributed by atoms with Gasteiger partial charge in [-0.1, -0.05) is 145 Å². The number of nitrogens with zero attached hydrogens (tertiary/aromatic N) is 1. The standard InChI is InChI=1S/C44H31N/c1-2-10-32(11-3-1)34-22-26-40(27-23-34)45(41-28-24-36(25-29-41)44-19-9-15-35-13-6-7-18-43(35)44)42-17-8-16-38(31-42)39-21-20-33-12-4-5-14-37(33)30-39/h1-31H/i1D,2D,3D,10D,11D,22D,23D,24D,25D,26D,27D,28D,29D. The number of benzene rings is 8. The molecule has 8 aromatic carbocycles. The second-order valence-electron chi connectivity index (χ2n) is 10.4. The topological polar surface area (TPSA) is 3.24 Å². The van der Waals surface area contributed by atoms with E-state index in [4.69, 9.17) is 9.60 Å². The summed E-state index contributed by atoms with van der Waals surface area (Å²) < 4.78 is 116. The quantitative estimate of drug-likeness (QED) is 0.187. The van der Waals surface area contributed by atoms with Gasteiger partial charge in [0.05, 0.1) is 17.8 Å². The van der Waals surface area contributed by atoms with Crippen molar-refractivity contribution in [2.24, 2.45) is 0 Å². The summed E-state index contributed by atoms with van der Waals surface area (Å²) in [4.78, 5) is 1.19. The average molecular weight is 587 g/mol. The van der Waals surface area contributed by atoms with E-state index in [-0.39, 0.29) is 16.9 Å². The monoisotopic (exact) mass is 586 g/mol. The number of rotatable bonds is 6. The van der Waals surface area contributed by atoms with Crippen LogP contribution in [0.4, 0.5) is 17.1 Å². The Morgan fingerprint density at radius 2 is 0.956 bits per heavy atom. The lowest BCUT2D eigenvalue weighted by atomic mass is 9.98. The van der Waals surface area contributed by atoms with Gasteiger partial charge >= 0.3 is 0 Å². The van der Waals surface area contributed by atoms with Crippen LogP contribution in [0.1, 0.15) is 17.8 Å². The highest BCUT2D eigenvalue weighted by molar-refractivity contribution is 5.97. The molecule has 0 heterocycles. The van der Waals surface area contributed by atoms with Crippen LogP contribution in [0.15, 0.2) is 188 Å². The summed E-state index contributed by atoms with van der Waals surface area (Å²) in [5.41, 5.74) is 0.362. The highest BCUT2D eigenvalue weighted by Crippen LogP contribution is 2.39. The Morgan fingerprint density at radius 3 is 1.73 bits per heavy atom. The molecule has 0 fully saturated rings. The van der Waals surface area contributed by atoms with Gasteiger partial charge in [0.1, 0.15) is 0 Å². The van der Waals surface area contributed by atoms with Crippen molar-refractivity contribution in [3.63, 3.8) is 0 Å². The smallest absolute Gasteiger partial charge is 0.0645 e. The Labute approximate surface area is 282 Å². The van der Waals surface area contributed by atoms with Crippen molar-refractivity contribution >= 4 is 38.6 Å². The molecular weight excluding hydrogens is 542 g/mol. The van der Waals surface area contributed by atoms with Crippen LogP contribution in [0.25, 0.3) is 54.9 Å². The number of hydrogen-bond donors (Lipinski definition) is 0. The van der Waals surface area contributed by atoms with E-state index >= 15 is 0 Å². The van der Waals surface area contributed by atoms with Gasteiger partial charge in [-0.25, -0.2) is 0 Å². The summed E-state index contributed by atoms with van der Waals surface area (Å²) in [5.74, 6) is 0. The van der Waals surface area contributed by atoms with E-state index in [0.29, 0.717) is 16.5 Å². The molecule has 0 unspecified atom stereocenters. The molecule has 1 nitrogen and oxygen atoms in total. The molecule has 0 N–H and O–H groups in total. The van der Waals surface area contributed by atoms with E-state index in [1.165, 1.54) is 4.90 Å². The summed E-state index contributed by atoms with van der Waals surface area (Å²) in [6.45, 7) is 0. The van der Waals surface area contributed by atoms with Crippen molar-refractivity contribution < 1.29 is 17.8 Å². The number of hydrogen-bond acceptors (Lipinski definition) is 1. The number of fused-ring (bicyclic) bond motifs is 2. The van der Waals surface area contributed by atoms with E-state index in [0.717, 1.165) is 21.7 Å². The Balaban J connectivity index is 1.43. The Morgan fingerprint density at radius 1 is 0.356 bits per heavy atom. The molecule has 212 valence electrons. The minimum atomic E-state index is -0.729. The maximum atomic E-state index is 9.46. The van der Waals surface area contributed by atoms with E-state index in [9.17, 15) is 8.22 Å². The first-order chi connectivity index (χ1) is 27.7. The molecule has 0 aliphatic heterocycles. The summed E-state index contributed by atoms with van der Waals surface area (Å²) in [7, 11) is 0. The van der Waals surface area contributed by atoms with Crippen molar-refractivity contribution in [2.75, 3.05) is 4.90 Å². The van der Waals surface area contributed by atoms with Gasteiger partial charge in [-0.05, 0) is 97.3 Å². The van der Waals surface area contributed by atoms with Crippen LogP contribution in [-0.2, 0) is 0 Å². The highest BCUT2D eigenvalue weighted by Gasteiger charge is 2.15. The van der Waals surface area contributed by atoms with Crippen molar-refractivity contribution in [1.29, 1.82) is 0 Å². The first-order valence-electron chi connectivity index (χ1n) is 20.9. The lowest BCUT2D eigenvalue weighted by Gasteiger charge is -2.26. The highest BCUT2D eigenvalue weighted by atomic mass is 15.1. The van der Waals surface area contributed by atoms with Gasteiger partial charge in [-0.15, -0.1) is 0 Å². The van der Waals surface area contributed by atoms with Gasteiger partial charge in [0.25, 0.3) is 0 Å². The predicted octanol–water partition coefficient (Wildman–Crippen LogP) is 12.5. The van der Waals surface area contributed by atoms with Crippen LogP contribution < -0.4 is 4.90 Å². The fraction of sp³-hybridized carbons (Fsp3) is 0. The zero-order valence-corrected chi connectivity index (χ0v) is 23.8. The molecule has 0 saturated heterocycles. The largest absolute Gasteiger partial charge is 0.310 e. The first kappa shape index (κ1) is 16.2. The van der Waals surface area contributed by atoms with E-state index in [2.05, 4.69) is 0 Å². The fourth-order valence-corrected chi connectivity index (χ4v) is 5.48. The van der Waals surface area contributed by atoms with Crippen LogP contribution in [0.5, 0.6) is 0 Å². The van der Waals surface area contributed by atoms with Crippen molar-refractivity contribution in [3.8, 4) is 33.4 Å². The van der Waals surface area contributed by atoms with E-state index in [1.807, 2.05) is 78.9 Å². The van der Waals surface area contributed by atoms with Crippen molar-refractivity contribution in [3.05, 3.63) is 188 Å². The van der Waals surface area contributed by atoms with Gasteiger partial charge in [0.2, 0.25) is 0 Å². The van der Waals surface area contributed by atoms with Crippen LogP contribution in [0.2, 0.25) is 0 Å². The lowest BCUT2D eigenvalue weighted by Crippen LogP contribution is -2.10. The van der Waals surface area contributed by atoms with Crippen LogP contribution >= 0.6 is 0 Å². The minimum absolute atomic E-state index is 0.0384. The molecule has 0 bridgehead atoms. The molecule has 0 spiro atoms. The average Bonchev–Trinajstić information content (AvgIpc) is 3.24. The predicted molar refractivity (Wildman–Crippen MR) is 192 cm³/mol. The second kappa shape index (κ2) is 11.6. The molecule has 0 radical (unpaired) electrons. The third-order valence-corrected chi connectivity index (χ3v) is 7.67. The fourth-order valence-electron chi connectivity index (χ4n) is 5.48. The molecule has 8 rings (SSSR count). The maximum absolute atomic E-state index is 9.46. The molecule has 0 amide bonds. The van der Waals surface area contributed by atoms with Gasteiger partial charge in [0.15, 0.2) is 0 Å². The molecule has 8 aromatic rings. The zero-order valence-electron chi connectivity index (χ0n) is 36.8. The van der Waals surface area contributed by atoms with Crippen LogP contribution in [-0.4, -0.2) is 0 Å². The summed E-state index contributed by atoms with van der Waals surface area (Å²) in [6.07, 6.45) is 0. The maximum Gasteiger partial charge on any atom is 0.0645 e. The Bertz CT molecular complexity index is 2920. The summed E-state index contributed by atoms with van der Waals surface area (Å²) >= 11 is 0. The first-order valence-corrected chi connectivity index (χ1v) is 14.4. The molecule has 0 atom stereocenters. The summed E-state index contributed by atoms with van der Waals surface area (Å²) in [5, 5.41) is 3.52. The van der Waals surface area contributed by atoms with E-state index < -0.39 is 95.4 Å². The third kappa shape index (κ3) is 5.26. The minimum Gasteiger partial charge on any atom is -0.310 e. The lowest BCUT2D eigenvalue weighted by molar-refractivity contribution is 1.28. The van der Waals surface area contributed by atoms with Crippen LogP contribution in [0.3, 0.4) is 0 Å². The van der Waals surface area contributed by atoms with Crippen LogP contribution in [0, 0.1) is 0 Å². The number of anilines is 3. The third-order valence-electron chi connectivity index (χ3n) is 7.67. The molecule has 0 saturated carbocycles. The zero-order chi connectivity index (χ0) is 41.3. The molecule has 0 aromatic heterocycles. The Hall–Kier alpha value is -5.92. The van der Waals surface area contributed by atoms with E-state index in [1.54, 1.807) is 30.3 Å².